The van der Waals surface area contributed by atoms with Gasteiger partial charge in [-0.25, -0.2) is 0 Å². The highest BCUT2D eigenvalue weighted by atomic mass is 32.1. The molecule has 1 aromatic heterocycles. The van der Waals surface area contributed by atoms with Gasteiger partial charge in [0, 0.05) is 34.5 Å². The number of aromatic nitrogens is 1. The Kier molecular flexibility index (Phi) is 4.03. The summed E-state index contributed by atoms with van der Waals surface area (Å²) in [6, 6.07) is 8.09. The molecule has 0 saturated carbocycles. The maximum absolute atomic E-state index is 12.4. The molecule has 1 aromatic carbocycles. The number of nitrogens with zero attached hydrogens (tertiary/aromatic N) is 1. The molecule has 0 spiro atoms. The number of benzene rings is 1. The fourth-order valence-corrected chi connectivity index (χ4v) is 3.11. The van der Waals surface area contributed by atoms with Crippen molar-refractivity contribution in [3.05, 3.63) is 36.0 Å². The number of Topliss-reactive ketones (excluding diaryl/α,β-unsaturated/α-hetero) is 1. The quantitative estimate of drug-likeness (QED) is 0.670. The highest BCUT2D eigenvalue weighted by molar-refractivity contribution is 7.80. The number of hydrogen-bond acceptors (Lipinski definition) is 4. The van der Waals surface area contributed by atoms with Crippen LogP contribution in [0.4, 0.5) is 0 Å². The first kappa shape index (κ1) is 13.6. The third-order valence-corrected chi connectivity index (χ3v) is 4.29. The molecule has 1 fully saturated rings. The lowest BCUT2D eigenvalue weighted by Gasteiger charge is -2.10. The average Bonchev–Trinajstić information content (AvgIpc) is 2.98. The number of carbonyl (C=O) groups excluding carboxylic acids is 1. The molecule has 4 heteroatoms. The van der Waals surface area contributed by atoms with Crippen LogP contribution in [0.5, 0.6) is 0 Å². The SMILES string of the molecule is O=C(CCC1CCCN1)c1ccnc2c(S)cccc12. The van der Waals surface area contributed by atoms with Crippen LogP contribution in [0.1, 0.15) is 36.0 Å². The second-order valence-corrected chi connectivity index (χ2v) is 5.77. The molecule has 1 aliphatic heterocycles. The second kappa shape index (κ2) is 5.94. The van der Waals surface area contributed by atoms with Crippen molar-refractivity contribution in [1.82, 2.24) is 10.3 Å². The van der Waals surface area contributed by atoms with E-state index < -0.39 is 0 Å². The minimum atomic E-state index is 0.199. The maximum atomic E-state index is 12.4. The van der Waals surface area contributed by atoms with Gasteiger partial charge in [-0.05, 0) is 37.9 Å². The first-order chi connectivity index (χ1) is 9.75. The maximum Gasteiger partial charge on any atom is 0.163 e. The van der Waals surface area contributed by atoms with Crippen molar-refractivity contribution < 1.29 is 4.79 Å². The molecular formula is C16H18N2OS. The largest absolute Gasteiger partial charge is 0.314 e. The first-order valence-corrected chi connectivity index (χ1v) is 7.54. The first-order valence-electron chi connectivity index (χ1n) is 7.09. The summed E-state index contributed by atoms with van der Waals surface area (Å²) < 4.78 is 0. The van der Waals surface area contributed by atoms with Gasteiger partial charge in [-0.2, -0.15) is 0 Å². The van der Waals surface area contributed by atoms with Crippen LogP contribution in [0.2, 0.25) is 0 Å². The Morgan fingerprint density at radius 2 is 2.30 bits per heavy atom. The van der Waals surface area contributed by atoms with Crippen molar-refractivity contribution in [3.63, 3.8) is 0 Å². The summed E-state index contributed by atoms with van der Waals surface area (Å²) in [6.07, 6.45) is 5.62. The smallest absolute Gasteiger partial charge is 0.163 e. The molecule has 1 N–H and O–H groups in total. The molecule has 3 rings (SSSR count). The standard InChI is InChI=1S/C16H18N2OS/c19-14(7-6-11-3-2-9-17-11)12-8-10-18-16-13(12)4-1-5-15(16)20/h1,4-5,8,10-11,17,20H,2-3,6-7,9H2. The molecule has 3 nitrogen and oxygen atoms in total. The number of ketones is 1. The molecule has 104 valence electrons. The monoisotopic (exact) mass is 286 g/mol. The normalized spacial score (nSPS) is 18.6. The summed E-state index contributed by atoms with van der Waals surface area (Å²) >= 11 is 4.41. The van der Waals surface area contributed by atoms with Gasteiger partial charge in [0.05, 0.1) is 5.52 Å². The number of para-hydroxylation sites is 1. The van der Waals surface area contributed by atoms with Gasteiger partial charge in [-0.1, -0.05) is 12.1 Å². The third-order valence-electron chi connectivity index (χ3n) is 3.93. The van der Waals surface area contributed by atoms with E-state index in [0.717, 1.165) is 34.3 Å². The highest BCUT2D eigenvalue weighted by Crippen LogP contribution is 2.24. The number of fused-ring (bicyclic) bond motifs is 1. The molecule has 0 radical (unpaired) electrons. The minimum Gasteiger partial charge on any atom is -0.314 e. The Morgan fingerprint density at radius 1 is 1.40 bits per heavy atom. The fraction of sp³-hybridized carbons (Fsp3) is 0.375. The summed E-state index contributed by atoms with van der Waals surface area (Å²) in [5.74, 6) is 0.199. The number of thiol groups is 1. The van der Waals surface area contributed by atoms with Gasteiger partial charge < -0.3 is 5.32 Å². The number of pyridine rings is 1. The van der Waals surface area contributed by atoms with E-state index in [9.17, 15) is 4.79 Å². The summed E-state index contributed by atoms with van der Waals surface area (Å²) in [5.41, 5.74) is 1.57. The van der Waals surface area contributed by atoms with E-state index in [1.807, 2.05) is 24.3 Å². The van der Waals surface area contributed by atoms with Crippen molar-refractivity contribution in [2.24, 2.45) is 0 Å². The van der Waals surface area contributed by atoms with Gasteiger partial charge >= 0.3 is 0 Å². The Hall–Kier alpha value is -1.39. The van der Waals surface area contributed by atoms with Gasteiger partial charge in [-0.3, -0.25) is 9.78 Å². The molecule has 20 heavy (non-hydrogen) atoms. The van der Waals surface area contributed by atoms with E-state index in [1.165, 1.54) is 12.8 Å². The molecule has 0 amide bonds. The average molecular weight is 286 g/mol. The third kappa shape index (κ3) is 2.72. The van der Waals surface area contributed by atoms with Crippen molar-refractivity contribution >= 4 is 29.3 Å². The van der Waals surface area contributed by atoms with Crippen LogP contribution < -0.4 is 5.32 Å². The molecule has 2 heterocycles. The van der Waals surface area contributed by atoms with Crippen molar-refractivity contribution in [1.29, 1.82) is 0 Å². The van der Waals surface area contributed by atoms with Gasteiger partial charge in [0.25, 0.3) is 0 Å². The topological polar surface area (TPSA) is 42.0 Å². The minimum absolute atomic E-state index is 0.199. The lowest BCUT2D eigenvalue weighted by molar-refractivity contribution is 0.0978. The predicted molar refractivity (Wildman–Crippen MR) is 83.6 cm³/mol. The molecule has 0 bridgehead atoms. The molecule has 1 atom stereocenters. The summed E-state index contributed by atoms with van der Waals surface area (Å²) in [5, 5.41) is 4.34. The zero-order valence-corrected chi connectivity index (χ0v) is 12.2. The second-order valence-electron chi connectivity index (χ2n) is 5.29. The van der Waals surface area contributed by atoms with E-state index in [1.54, 1.807) is 6.20 Å². The highest BCUT2D eigenvalue weighted by Gasteiger charge is 2.17. The van der Waals surface area contributed by atoms with E-state index in [2.05, 4.69) is 22.9 Å². The number of hydrogen-bond donors (Lipinski definition) is 2. The molecule has 1 aliphatic rings. The zero-order chi connectivity index (χ0) is 13.9. The van der Waals surface area contributed by atoms with Gasteiger partial charge in [0.15, 0.2) is 5.78 Å². The summed E-state index contributed by atoms with van der Waals surface area (Å²) in [7, 11) is 0. The Bertz CT molecular complexity index is 635. The molecular weight excluding hydrogens is 268 g/mol. The zero-order valence-electron chi connectivity index (χ0n) is 11.3. The van der Waals surface area contributed by atoms with Crippen LogP contribution in [-0.2, 0) is 0 Å². The Labute approximate surface area is 124 Å². The van der Waals surface area contributed by atoms with Crippen LogP contribution in [0.15, 0.2) is 35.4 Å². The van der Waals surface area contributed by atoms with Crippen LogP contribution in [-0.4, -0.2) is 23.4 Å². The van der Waals surface area contributed by atoms with Crippen LogP contribution in [0.3, 0.4) is 0 Å². The van der Waals surface area contributed by atoms with E-state index in [-0.39, 0.29) is 5.78 Å². The molecule has 2 aromatic rings. The van der Waals surface area contributed by atoms with Crippen LogP contribution >= 0.6 is 12.6 Å². The fourth-order valence-electron chi connectivity index (χ4n) is 2.85. The van der Waals surface area contributed by atoms with Crippen molar-refractivity contribution in [3.8, 4) is 0 Å². The number of rotatable bonds is 4. The lowest BCUT2D eigenvalue weighted by Crippen LogP contribution is -2.22. The van der Waals surface area contributed by atoms with Crippen LogP contribution in [0.25, 0.3) is 10.9 Å². The van der Waals surface area contributed by atoms with Crippen LogP contribution in [0, 0.1) is 0 Å². The van der Waals surface area contributed by atoms with Crippen molar-refractivity contribution in [2.45, 2.75) is 36.6 Å². The van der Waals surface area contributed by atoms with E-state index in [4.69, 9.17) is 0 Å². The molecule has 1 unspecified atom stereocenters. The predicted octanol–water partition coefficient (Wildman–Crippen LogP) is 3.24. The summed E-state index contributed by atoms with van der Waals surface area (Å²) in [4.78, 5) is 17.6. The van der Waals surface area contributed by atoms with Gasteiger partial charge in [0.2, 0.25) is 0 Å². The van der Waals surface area contributed by atoms with E-state index in [0.29, 0.717) is 12.5 Å². The van der Waals surface area contributed by atoms with Gasteiger partial charge in [0.1, 0.15) is 0 Å². The number of carbonyl (C=O) groups is 1. The van der Waals surface area contributed by atoms with Crippen molar-refractivity contribution in [2.75, 3.05) is 6.54 Å². The molecule has 1 saturated heterocycles. The lowest BCUT2D eigenvalue weighted by atomic mass is 9.99. The molecule has 0 aliphatic carbocycles. The number of nitrogens with one attached hydrogen (secondary N) is 1. The summed E-state index contributed by atoms with van der Waals surface area (Å²) in [6.45, 7) is 1.08. The van der Waals surface area contributed by atoms with Gasteiger partial charge in [-0.15, -0.1) is 12.6 Å². The Balaban J connectivity index is 1.82. The van der Waals surface area contributed by atoms with E-state index >= 15 is 0 Å². The Morgan fingerprint density at radius 3 is 3.10 bits per heavy atom.